The van der Waals surface area contributed by atoms with Gasteiger partial charge in [-0.15, -0.1) is 13.2 Å². The van der Waals surface area contributed by atoms with Crippen LogP contribution in [0, 0.1) is 22.7 Å². The third-order valence-corrected chi connectivity index (χ3v) is 2.87. The normalized spacial score (nSPS) is 12.7. The fraction of sp³-hybridized carbons (Fsp3) is 0.231. The van der Waals surface area contributed by atoms with Crippen molar-refractivity contribution in [3.8, 4) is 17.9 Å². The standard InChI is InChI=1S/C13H5BrF6N2O2/c14-9-4-7(3-8(5-21)6-22)1-2-10(9)23-12(16,17)11(15)24-13(18,19)20/h1-4,11H. The number of hydrogen-bond acceptors (Lipinski definition) is 4. The summed E-state index contributed by atoms with van der Waals surface area (Å²) in [5.41, 5.74) is -0.0396. The maximum Gasteiger partial charge on any atom is 0.525 e. The predicted molar refractivity (Wildman–Crippen MR) is 71.0 cm³/mol. The van der Waals surface area contributed by atoms with Crippen LogP contribution in [0.5, 0.6) is 5.75 Å². The molecule has 0 saturated carbocycles. The molecule has 0 aliphatic rings. The van der Waals surface area contributed by atoms with Crippen LogP contribution in [0.25, 0.3) is 6.08 Å². The van der Waals surface area contributed by atoms with Crippen LogP contribution in [-0.4, -0.2) is 18.8 Å². The molecule has 1 rings (SSSR count). The maximum absolute atomic E-state index is 13.3. The molecule has 1 atom stereocenters. The Balaban J connectivity index is 2.99. The largest absolute Gasteiger partial charge is 0.525 e. The molecule has 11 heteroatoms. The highest BCUT2D eigenvalue weighted by Gasteiger charge is 2.50. The Morgan fingerprint density at radius 2 is 1.75 bits per heavy atom. The molecule has 0 aliphatic carbocycles. The van der Waals surface area contributed by atoms with Crippen LogP contribution in [0.15, 0.2) is 28.2 Å². The van der Waals surface area contributed by atoms with Crippen molar-refractivity contribution >= 4 is 22.0 Å². The van der Waals surface area contributed by atoms with Gasteiger partial charge in [-0.3, -0.25) is 0 Å². The molecule has 0 amide bonds. The number of nitriles is 2. The van der Waals surface area contributed by atoms with E-state index in [-0.39, 0.29) is 15.6 Å². The van der Waals surface area contributed by atoms with Crippen LogP contribution in [0.1, 0.15) is 5.56 Å². The molecule has 0 aliphatic heterocycles. The van der Waals surface area contributed by atoms with Crippen molar-refractivity contribution in [2.75, 3.05) is 0 Å². The minimum absolute atomic E-state index is 0.176. The van der Waals surface area contributed by atoms with Crippen LogP contribution >= 0.6 is 15.9 Å². The highest BCUT2D eigenvalue weighted by Crippen LogP contribution is 2.35. The Kier molecular flexibility index (Phi) is 6.23. The molecule has 1 unspecified atom stereocenters. The van der Waals surface area contributed by atoms with Gasteiger partial charge in [0.05, 0.1) is 4.47 Å². The molecule has 0 heterocycles. The molecular weight excluding hydrogens is 410 g/mol. The number of benzene rings is 1. The summed E-state index contributed by atoms with van der Waals surface area (Å²) in [6, 6.07) is 6.29. The number of nitrogens with zero attached hydrogens (tertiary/aromatic N) is 2. The summed E-state index contributed by atoms with van der Waals surface area (Å²) in [6.07, 6.45) is -13.5. The molecule has 0 bridgehead atoms. The van der Waals surface area contributed by atoms with E-state index in [1.54, 1.807) is 12.1 Å². The summed E-state index contributed by atoms with van der Waals surface area (Å²) in [4.78, 5) is 0. The molecule has 0 N–H and O–H groups in total. The molecule has 4 nitrogen and oxygen atoms in total. The van der Waals surface area contributed by atoms with E-state index in [0.717, 1.165) is 24.3 Å². The number of ether oxygens (including phenoxy) is 2. The third-order valence-electron chi connectivity index (χ3n) is 2.26. The zero-order valence-corrected chi connectivity index (χ0v) is 12.8. The lowest BCUT2D eigenvalue weighted by molar-refractivity contribution is -0.411. The fourth-order valence-corrected chi connectivity index (χ4v) is 1.80. The molecule has 128 valence electrons. The molecule has 24 heavy (non-hydrogen) atoms. The van der Waals surface area contributed by atoms with Crippen LogP contribution in [0.4, 0.5) is 26.3 Å². The van der Waals surface area contributed by atoms with Crippen LogP contribution in [0.3, 0.4) is 0 Å². The van der Waals surface area contributed by atoms with Gasteiger partial charge in [-0.05, 0) is 39.7 Å². The van der Waals surface area contributed by atoms with E-state index in [1.807, 2.05) is 0 Å². The maximum atomic E-state index is 13.3. The lowest BCUT2D eigenvalue weighted by atomic mass is 10.1. The lowest BCUT2D eigenvalue weighted by Crippen LogP contribution is -2.41. The van der Waals surface area contributed by atoms with Gasteiger partial charge in [0, 0.05) is 0 Å². The van der Waals surface area contributed by atoms with E-state index in [1.165, 1.54) is 0 Å². The second kappa shape index (κ2) is 7.55. The van der Waals surface area contributed by atoms with E-state index < -0.39 is 24.6 Å². The van der Waals surface area contributed by atoms with Gasteiger partial charge in [-0.1, -0.05) is 6.07 Å². The van der Waals surface area contributed by atoms with Gasteiger partial charge in [-0.2, -0.15) is 19.3 Å². The number of halogens is 7. The Labute approximate surface area is 139 Å². The average Bonchev–Trinajstić information content (AvgIpc) is 2.45. The van der Waals surface area contributed by atoms with E-state index >= 15 is 0 Å². The summed E-state index contributed by atoms with van der Waals surface area (Å²) < 4.78 is 81.2. The Bertz CT molecular complexity index is 705. The van der Waals surface area contributed by atoms with Crippen molar-refractivity contribution in [1.29, 1.82) is 10.5 Å². The van der Waals surface area contributed by atoms with Gasteiger partial charge in [0.25, 0.3) is 0 Å². The van der Waals surface area contributed by atoms with E-state index in [0.29, 0.717) is 0 Å². The average molecular weight is 415 g/mol. The van der Waals surface area contributed by atoms with Gasteiger partial charge in [-0.25, -0.2) is 9.13 Å². The van der Waals surface area contributed by atoms with E-state index in [4.69, 9.17) is 10.5 Å². The Morgan fingerprint density at radius 3 is 2.21 bits per heavy atom. The van der Waals surface area contributed by atoms with Crippen molar-refractivity contribution in [1.82, 2.24) is 0 Å². The van der Waals surface area contributed by atoms with Gasteiger partial charge >= 0.3 is 18.8 Å². The summed E-state index contributed by atoms with van der Waals surface area (Å²) in [6.45, 7) is 0. The fourth-order valence-electron chi connectivity index (χ4n) is 1.32. The quantitative estimate of drug-likeness (QED) is 0.518. The van der Waals surface area contributed by atoms with Gasteiger partial charge < -0.3 is 4.74 Å². The highest BCUT2D eigenvalue weighted by molar-refractivity contribution is 9.10. The first-order valence-corrected chi connectivity index (χ1v) is 6.54. The molecule has 0 fully saturated rings. The zero-order chi connectivity index (χ0) is 18.5. The van der Waals surface area contributed by atoms with Crippen LogP contribution in [0.2, 0.25) is 0 Å². The predicted octanol–water partition coefficient (Wildman–Crippen LogP) is 4.68. The molecule has 1 aromatic rings. The van der Waals surface area contributed by atoms with Crippen molar-refractivity contribution in [3.63, 3.8) is 0 Å². The number of alkyl halides is 6. The summed E-state index contributed by atoms with van der Waals surface area (Å²) in [5.74, 6) is -0.680. The molecule has 0 radical (unpaired) electrons. The van der Waals surface area contributed by atoms with Crippen LogP contribution in [-0.2, 0) is 4.74 Å². The highest BCUT2D eigenvalue weighted by atomic mass is 79.9. The zero-order valence-electron chi connectivity index (χ0n) is 11.2. The number of rotatable bonds is 5. The molecule has 0 saturated heterocycles. The van der Waals surface area contributed by atoms with Gasteiger partial charge in [0.1, 0.15) is 23.5 Å². The second-order valence-electron chi connectivity index (χ2n) is 4.01. The SMILES string of the molecule is N#CC(C#N)=Cc1ccc(OC(F)(F)C(F)OC(F)(F)F)c(Br)c1. The first-order chi connectivity index (χ1) is 11.0. The summed E-state index contributed by atoms with van der Waals surface area (Å²) >= 11 is 2.81. The molecule has 0 spiro atoms. The van der Waals surface area contributed by atoms with Crippen molar-refractivity contribution in [3.05, 3.63) is 33.8 Å². The Hall–Kier alpha value is -2.24. The Morgan fingerprint density at radius 1 is 1.17 bits per heavy atom. The van der Waals surface area contributed by atoms with E-state index in [9.17, 15) is 26.3 Å². The van der Waals surface area contributed by atoms with E-state index in [2.05, 4.69) is 25.4 Å². The summed E-state index contributed by atoms with van der Waals surface area (Å²) in [7, 11) is 0. The third kappa shape index (κ3) is 5.76. The minimum Gasteiger partial charge on any atom is -0.427 e. The minimum atomic E-state index is -5.61. The van der Waals surface area contributed by atoms with Gasteiger partial charge in [0.15, 0.2) is 0 Å². The second-order valence-corrected chi connectivity index (χ2v) is 4.87. The topological polar surface area (TPSA) is 66.0 Å². The van der Waals surface area contributed by atoms with Crippen molar-refractivity contribution in [2.45, 2.75) is 18.8 Å². The lowest BCUT2D eigenvalue weighted by Gasteiger charge is -2.22. The number of hydrogen-bond donors (Lipinski definition) is 0. The monoisotopic (exact) mass is 414 g/mol. The van der Waals surface area contributed by atoms with Crippen LogP contribution < -0.4 is 4.74 Å². The van der Waals surface area contributed by atoms with Crippen molar-refractivity contribution < 1.29 is 35.8 Å². The first-order valence-electron chi connectivity index (χ1n) is 5.75. The van der Waals surface area contributed by atoms with Gasteiger partial charge in [0.2, 0.25) is 0 Å². The smallest absolute Gasteiger partial charge is 0.427 e. The summed E-state index contributed by atoms with van der Waals surface area (Å²) in [5, 5.41) is 17.2. The van der Waals surface area contributed by atoms with Crippen molar-refractivity contribution in [2.24, 2.45) is 0 Å². The number of allylic oxidation sites excluding steroid dienone is 1. The first kappa shape index (κ1) is 19.8. The molecule has 1 aromatic carbocycles. The molecule has 0 aromatic heterocycles. The molecular formula is C13H5BrF6N2O2.